The van der Waals surface area contributed by atoms with Crippen molar-refractivity contribution in [1.29, 1.82) is 0 Å². The minimum atomic E-state index is -2.64. The second-order valence-corrected chi connectivity index (χ2v) is 7.93. The molecule has 2 amide bonds. The molecule has 0 radical (unpaired) electrons. The van der Waals surface area contributed by atoms with Crippen LogP contribution in [-0.4, -0.2) is 48.3 Å². The number of carbonyl (C=O) groups excluding carboxylic acids is 1. The largest absolute Gasteiger partial charge is 0.500 e. The molecular weight excluding hydrogens is 340 g/mol. The summed E-state index contributed by atoms with van der Waals surface area (Å²) in [5.74, 6) is 0.745. The fourth-order valence-corrected chi connectivity index (χ4v) is 4.97. The number of hydrogen-bond acceptors (Lipinski definition) is 5. The molecule has 0 atom stereocenters. The molecule has 0 saturated heterocycles. The highest BCUT2D eigenvalue weighted by atomic mass is 28.4. The van der Waals surface area contributed by atoms with Gasteiger partial charge >= 0.3 is 14.8 Å². The van der Waals surface area contributed by atoms with Gasteiger partial charge in [-0.2, -0.15) is 0 Å². The van der Waals surface area contributed by atoms with Gasteiger partial charge in [-0.15, -0.1) is 0 Å². The van der Waals surface area contributed by atoms with Crippen LogP contribution in [0.3, 0.4) is 0 Å². The highest BCUT2D eigenvalue weighted by Crippen LogP contribution is 2.18. The van der Waals surface area contributed by atoms with Crippen molar-refractivity contribution in [2.24, 2.45) is 0 Å². The Morgan fingerprint density at radius 2 is 1.56 bits per heavy atom. The fourth-order valence-electron chi connectivity index (χ4n) is 2.36. The molecule has 0 fully saturated rings. The first-order valence-electron chi connectivity index (χ1n) is 8.69. The Labute approximate surface area is 151 Å². The van der Waals surface area contributed by atoms with Gasteiger partial charge in [0.1, 0.15) is 5.75 Å². The fraction of sp³-hybridized carbons (Fsp3) is 0.588. The standard InChI is InChI=1S/C17H30N2O5Si/c1-5-22-25(23-6-2,24-7-3)14-8-13-18-17(20)19-15-9-11-16(21-4)12-10-15/h9-12H,5-8,13-14H2,1-4H3,(H2,18,19,20). The van der Waals surface area contributed by atoms with E-state index in [4.69, 9.17) is 18.0 Å². The van der Waals surface area contributed by atoms with E-state index in [0.29, 0.717) is 38.1 Å². The van der Waals surface area contributed by atoms with Crippen molar-refractivity contribution in [1.82, 2.24) is 5.32 Å². The molecule has 0 aliphatic heterocycles. The molecule has 0 aliphatic rings. The van der Waals surface area contributed by atoms with E-state index in [0.717, 1.165) is 12.2 Å². The van der Waals surface area contributed by atoms with Gasteiger partial charge in [-0.05, 0) is 51.5 Å². The van der Waals surface area contributed by atoms with Crippen molar-refractivity contribution in [3.63, 3.8) is 0 Å². The molecule has 1 aromatic rings. The van der Waals surface area contributed by atoms with E-state index >= 15 is 0 Å². The smallest absolute Gasteiger partial charge is 0.497 e. The summed E-state index contributed by atoms with van der Waals surface area (Å²) in [6, 6.07) is 7.59. The number of hydrogen-bond donors (Lipinski definition) is 2. The first-order chi connectivity index (χ1) is 12.1. The number of methoxy groups -OCH3 is 1. The third-order valence-electron chi connectivity index (χ3n) is 3.39. The zero-order chi connectivity index (χ0) is 18.5. The second kappa shape index (κ2) is 11.9. The van der Waals surface area contributed by atoms with E-state index in [-0.39, 0.29) is 6.03 Å². The molecule has 8 heteroatoms. The summed E-state index contributed by atoms with van der Waals surface area (Å²) in [6.45, 7) is 7.97. The normalized spacial score (nSPS) is 11.2. The van der Waals surface area contributed by atoms with E-state index in [2.05, 4.69) is 10.6 Å². The lowest BCUT2D eigenvalue weighted by Crippen LogP contribution is -2.46. The molecule has 0 aliphatic carbocycles. The lowest BCUT2D eigenvalue weighted by atomic mass is 10.3. The summed E-state index contributed by atoms with van der Waals surface area (Å²) in [6.07, 6.45) is 0.724. The third-order valence-corrected chi connectivity index (χ3v) is 6.54. The van der Waals surface area contributed by atoms with Crippen molar-refractivity contribution in [3.05, 3.63) is 24.3 Å². The van der Waals surface area contributed by atoms with Gasteiger partial charge in [-0.1, -0.05) is 0 Å². The molecule has 1 rings (SSSR count). The van der Waals surface area contributed by atoms with Crippen LogP contribution in [0.5, 0.6) is 5.75 Å². The van der Waals surface area contributed by atoms with Crippen molar-refractivity contribution >= 4 is 20.5 Å². The summed E-state index contributed by atoms with van der Waals surface area (Å²) in [5.41, 5.74) is 0.708. The van der Waals surface area contributed by atoms with E-state index in [9.17, 15) is 4.79 Å². The minimum Gasteiger partial charge on any atom is -0.497 e. The molecule has 7 nitrogen and oxygen atoms in total. The van der Waals surface area contributed by atoms with Crippen molar-refractivity contribution in [2.45, 2.75) is 33.2 Å². The molecule has 0 saturated carbocycles. The summed E-state index contributed by atoms with van der Waals surface area (Å²) in [7, 11) is -1.04. The highest BCUT2D eigenvalue weighted by molar-refractivity contribution is 6.60. The Balaban J connectivity index is 2.39. The average molecular weight is 371 g/mol. The maximum atomic E-state index is 11.9. The SMILES string of the molecule is CCO[Si](CCCNC(=O)Nc1ccc(OC)cc1)(OCC)OCC. The van der Waals surface area contributed by atoms with Crippen LogP contribution in [0.25, 0.3) is 0 Å². The number of ether oxygens (including phenoxy) is 1. The van der Waals surface area contributed by atoms with Crippen LogP contribution in [0.1, 0.15) is 27.2 Å². The summed E-state index contributed by atoms with van der Waals surface area (Å²) in [4.78, 5) is 11.9. The lowest BCUT2D eigenvalue weighted by Gasteiger charge is -2.28. The molecule has 1 aromatic carbocycles. The molecule has 142 valence electrons. The zero-order valence-corrected chi connectivity index (χ0v) is 16.6. The molecule has 2 N–H and O–H groups in total. The van der Waals surface area contributed by atoms with Crippen LogP contribution in [-0.2, 0) is 13.3 Å². The van der Waals surface area contributed by atoms with Gasteiger partial charge in [0.15, 0.2) is 0 Å². The monoisotopic (exact) mass is 370 g/mol. The number of anilines is 1. The Bertz CT molecular complexity index is 481. The average Bonchev–Trinajstić information content (AvgIpc) is 2.60. The van der Waals surface area contributed by atoms with Gasteiger partial charge in [-0.25, -0.2) is 4.79 Å². The maximum Gasteiger partial charge on any atom is 0.500 e. The summed E-state index contributed by atoms with van der Waals surface area (Å²) >= 11 is 0. The predicted molar refractivity (Wildman–Crippen MR) is 100 cm³/mol. The van der Waals surface area contributed by atoms with Crippen molar-refractivity contribution in [2.75, 3.05) is 38.8 Å². The maximum absolute atomic E-state index is 11.9. The number of nitrogens with one attached hydrogen (secondary N) is 2. The van der Waals surface area contributed by atoms with Gasteiger partial charge in [0.25, 0.3) is 0 Å². The first kappa shape index (κ1) is 21.4. The van der Waals surface area contributed by atoms with Crippen LogP contribution < -0.4 is 15.4 Å². The molecule has 0 spiro atoms. The van der Waals surface area contributed by atoms with E-state index in [1.54, 1.807) is 31.4 Å². The Morgan fingerprint density at radius 1 is 1.00 bits per heavy atom. The van der Waals surface area contributed by atoms with Crippen LogP contribution >= 0.6 is 0 Å². The number of amides is 2. The van der Waals surface area contributed by atoms with Crippen LogP contribution in [0, 0.1) is 0 Å². The van der Waals surface area contributed by atoms with Crippen LogP contribution in [0.2, 0.25) is 6.04 Å². The Hall–Kier alpha value is -1.61. The molecule has 0 bridgehead atoms. The lowest BCUT2D eigenvalue weighted by molar-refractivity contribution is 0.0708. The Kier molecular flexibility index (Phi) is 10.2. The quantitative estimate of drug-likeness (QED) is 0.436. The van der Waals surface area contributed by atoms with Gasteiger partial charge < -0.3 is 28.6 Å². The minimum absolute atomic E-state index is 0.248. The Morgan fingerprint density at radius 3 is 2.04 bits per heavy atom. The number of benzene rings is 1. The van der Waals surface area contributed by atoms with Crippen LogP contribution in [0.15, 0.2) is 24.3 Å². The van der Waals surface area contributed by atoms with E-state index in [1.807, 2.05) is 20.8 Å². The van der Waals surface area contributed by atoms with Gasteiger partial charge in [0, 0.05) is 38.1 Å². The molecule has 0 heterocycles. The van der Waals surface area contributed by atoms with Crippen molar-refractivity contribution < 1.29 is 22.8 Å². The topological polar surface area (TPSA) is 78.1 Å². The van der Waals surface area contributed by atoms with E-state index < -0.39 is 8.80 Å². The van der Waals surface area contributed by atoms with Crippen LogP contribution in [0.4, 0.5) is 10.5 Å². The summed E-state index contributed by atoms with van der Waals surface area (Å²) in [5, 5.41) is 5.61. The zero-order valence-electron chi connectivity index (χ0n) is 15.6. The van der Waals surface area contributed by atoms with Gasteiger partial charge in [0.05, 0.1) is 7.11 Å². The van der Waals surface area contributed by atoms with E-state index in [1.165, 1.54) is 0 Å². The summed E-state index contributed by atoms with van der Waals surface area (Å²) < 4.78 is 22.5. The van der Waals surface area contributed by atoms with Gasteiger partial charge in [-0.3, -0.25) is 0 Å². The molecular formula is C17H30N2O5Si. The molecule has 0 unspecified atom stereocenters. The third kappa shape index (κ3) is 7.87. The predicted octanol–water partition coefficient (Wildman–Crippen LogP) is 3.26. The molecule has 0 aromatic heterocycles. The number of carbonyl (C=O) groups is 1. The molecule has 25 heavy (non-hydrogen) atoms. The first-order valence-corrected chi connectivity index (χ1v) is 10.6. The van der Waals surface area contributed by atoms with Gasteiger partial charge in [0.2, 0.25) is 0 Å². The number of urea groups is 1. The highest BCUT2D eigenvalue weighted by Gasteiger charge is 2.39. The second-order valence-electron chi connectivity index (χ2n) is 5.20. The van der Waals surface area contributed by atoms with Crippen molar-refractivity contribution in [3.8, 4) is 5.75 Å². The number of rotatable bonds is 12.